The van der Waals surface area contributed by atoms with Gasteiger partial charge in [-0.25, -0.2) is 0 Å². The number of carbonyl (C=O) groups excluding carboxylic acids is 1. The molecule has 0 aromatic heterocycles. The third-order valence-corrected chi connectivity index (χ3v) is 8.29. The van der Waals surface area contributed by atoms with Gasteiger partial charge in [-0.2, -0.15) is 0 Å². The Balaban J connectivity index is 1.42. The lowest BCUT2D eigenvalue weighted by atomic mass is 9.92. The second kappa shape index (κ2) is 14.2. The molecule has 218 valence electrons. The van der Waals surface area contributed by atoms with E-state index in [2.05, 4.69) is 0 Å². The first kappa shape index (κ1) is 29.4. The molecule has 41 heavy (non-hydrogen) atoms. The van der Waals surface area contributed by atoms with E-state index in [4.69, 9.17) is 30.5 Å². The van der Waals surface area contributed by atoms with E-state index < -0.39 is 12.9 Å². The van der Waals surface area contributed by atoms with Crippen LogP contribution in [0.15, 0.2) is 66.7 Å². The van der Waals surface area contributed by atoms with E-state index in [0.29, 0.717) is 48.6 Å². The van der Waals surface area contributed by atoms with Crippen LogP contribution in [0.2, 0.25) is 5.02 Å². The molecule has 2 aliphatic rings. The van der Waals surface area contributed by atoms with Crippen molar-refractivity contribution in [3.8, 4) is 11.5 Å². The van der Waals surface area contributed by atoms with Crippen LogP contribution in [0.4, 0.5) is 0 Å². The molecule has 1 fully saturated rings. The van der Waals surface area contributed by atoms with Gasteiger partial charge in [0, 0.05) is 17.1 Å². The molecule has 7 nitrogen and oxygen atoms in total. The Hall–Kier alpha value is -3.10. The molecule has 3 aromatic rings. The normalized spacial score (nSPS) is 17.7. The summed E-state index contributed by atoms with van der Waals surface area (Å²) in [6, 6.07) is 20.6. The molecule has 0 saturated heterocycles. The number of benzene rings is 3. The lowest BCUT2D eigenvalue weighted by molar-refractivity contribution is -0.431. The number of ether oxygens (including phenoxy) is 4. The van der Waals surface area contributed by atoms with Crippen molar-refractivity contribution in [3.63, 3.8) is 0 Å². The topological polar surface area (TPSA) is 80.3 Å². The summed E-state index contributed by atoms with van der Waals surface area (Å²) >= 11 is 6.05. The Bertz CT molecular complexity index is 1280. The fourth-order valence-electron chi connectivity index (χ4n) is 5.82. The van der Waals surface area contributed by atoms with Gasteiger partial charge >= 0.3 is 0 Å². The summed E-state index contributed by atoms with van der Waals surface area (Å²) in [6.07, 6.45) is 4.41. The third kappa shape index (κ3) is 7.22. The lowest BCUT2D eigenvalue weighted by Gasteiger charge is -2.39. The highest BCUT2D eigenvalue weighted by molar-refractivity contribution is 6.30. The molecule has 1 amide bonds. The highest BCUT2D eigenvalue weighted by atomic mass is 35.5. The molecule has 8 heteroatoms. The maximum Gasteiger partial charge on any atom is 0.256 e. The lowest BCUT2D eigenvalue weighted by Crippen LogP contribution is -2.49. The standard InChI is InChI=1S/C33H37ClNO6/c1-38-30-16-13-26-18-35(33(37)31(25-9-3-2-4-10-25)40-19-23-7-5-6-8-23)28(21-39-22-36)17-29(26)32(30)41-20-24-11-14-27(34)15-12-24/h2-4,9-16,23,28,31H,5-8,17-22H2,1H3/q-1/t28-,31+/m1/s1. The number of methoxy groups -OCH3 is 1. The van der Waals surface area contributed by atoms with Crippen LogP contribution in [-0.4, -0.2) is 44.0 Å². The van der Waals surface area contributed by atoms with E-state index in [0.717, 1.165) is 35.1 Å². The maximum absolute atomic E-state index is 14.2. The second-order valence-electron chi connectivity index (χ2n) is 10.7. The van der Waals surface area contributed by atoms with Gasteiger partial charge in [0.25, 0.3) is 5.91 Å². The van der Waals surface area contributed by atoms with Crippen molar-refractivity contribution < 1.29 is 28.8 Å². The number of hydrogen-bond acceptors (Lipinski definition) is 6. The summed E-state index contributed by atoms with van der Waals surface area (Å²) in [5.74, 6) is 1.60. The van der Waals surface area contributed by atoms with E-state index in [1.165, 1.54) is 12.8 Å². The third-order valence-electron chi connectivity index (χ3n) is 8.04. The minimum Gasteiger partial charge on any atom is -0.834 e. The van der Waals surface area contributed by atoms with Crippen molar-refractivity contribution >= 4 is 17.5 Å². The van der Waals surface area contributed by atoms with Crippen LogP contribution in [0, 0.1) is 5.92 Å². The number of rotatable bonds is 12. The molecule has 0 unspecified atom stereocenters. The van der Waals surface area contributed by atoms with Crippen molar-refractivity contribution in [2.45, 2.75) is 57.4 Å². The van der Waals surface area contributed by atoms with E-state index >= 15 is 0 Å². The van der Waals surface area contributed by atoms with Gasteiger partial charge < -0.3 is 29.0 Å². The number of amides is 1. The molecule has 1 aliphatic heterocycles. The fourth-order valence-corrected chi connectivity index (χ4v) is 5.95. The molecule has 1 aliphatic carbocycles. The van der Waals surface area contributed by atoms with Crippen molar-refractivity contribution in [1.82, 2.24) is 4.90 Å². The summed E-state index contributed by atoms with van der Waals surface area (Å²) in [6.45, 7) is 0.672. The van der Waals surface area contributed by atoms with Gasteiger partial charge in [-0.15, -0.1) is 0 Å². The zero-order valence-electron chi connectivity index (χ0n) is 23.4. The number of fused-ring (bicyclic) bond motifs is 1. The Morgan fingerprint density at radius 3 is 2.49 bits per heavy atom. The Morgan fingerprint density at radius 1 is 1.02 bits per heavy atom. The first-order valence-electron chi connectivity index (χ1n) is 14.3. The van der Waals surface area contributed by atoms with Gasteiger partial charge in [0.2, 0.25) is 0 Å². The average molecular weight is 579 g/mol. The summed E-state index contributed by atoms with van der Waals surface area (Å²) in [5.41, 5.74) is 3.71. The zero-order valence-corrected chi connectivity index (χ0v) is 24.2. The highest BCUT2D eigenvalue weighted by Crippen LogP contribution is 2.40. The Morgan fingerprint density at radius 2 is 1.78 bits per heavy atom. The monoisotopic (exact) mass is 578 g/mol. The van der Waals surface area contributed by atoms with E-state index in [1.807, 2.05) is 66.7 Å². The van der Waals surface area contributed by atoms with Gasteiger partial charge in [-0.3, -0.25) is 4.79 Å². The molecule has 1 saturated carbocycles. The van der Waals surface area contributed by atoms with Crippen molar-refractivity contribution in [2.24, 2.45) is 5.92 Å². The fraction of sp³-hybridized carbons (Fsp3) is 0.424. The van der Waals surface area contributed by atoms with Crippen LogP contribution in [0.25, 0.3) is 0 Å². The molecule has 0 N–H and O–H groups in total. The van der Waals surface area contributed by atoms with Crippen molar-refractivity contribution in [3.05, 3.63) is 94.0 Å². The summed E-state index contributed by atoms with van der Waals surface area (Å²) in [4.78, 5) is 16.0. The van der Waals surface area contributed by atoms with Gasteiger partial charge in [-0.05, 0) is 66.9 Å². The zero-order chi connectivity index (χ0) is 28.6. The first-order chi connectivity index (χ1) is 20.1. The molecule has 1 heterocycles. The molecular formula is C33H37ClNO6-. The molecule has 0 radical (unpaired) electrons. The number of hydrogen-bond donors (Lipinski definition) is 0. The molecule has 0 bridgehead atoms. The van der Waals surface area contributed by atoms with Gasteiger partial charge in [0.1, 0.15) is 6.61 Å². The number of halogens is 1. The summed E-state index contributed by atoms with van der Waals surface area (Å²) in [7, 11) is 1.61. The van der Waals surface area contributed by atoms with Crippen molar-refractivity contribution in [2.75, 3.05) is 27.1 Å². The summed E-state index contributed by atoms with van der Waals surface area (Å²) in [5, 5.41) is 12.0. The summed E-state index contributed by atoms with van der Waals surface area (Å²) < 4.78 is 23.7. The van der Waals surface area contributed by atoms with E-state index in [-0.39, 0.29) is 18.6 Å². The smallest absolute Gasteiger partial charge is 0.256 e. The van der Waals surface area contributed by atoms with Crippen LogP contribution < -0.4 is 14.6 Å². The molecular weight excluding hydrogens is 542 g/mol. The van der Waals surface area contributed by atoms with Crippen LogP contribution in [0.3, 0.4) is 0 Å². The van der Waals surface area contributed by atoms with Gasteiger partial charge in [-0.1, -0.05) is 73.0 Å². The average Bonchev–Trinajstić information content (AvgIpc) is 3.53. The quantitative estimate of drug-likeness (QED) is 0.265. The largest absolute Gasteiger partial charge is 0.834 e. The second-order valence-corrected chi connectivity index (χ2v) is 11.2. The minimum atomic E-state index is -0.730. The predicted molar refractivity (Wildman–Crippen MR) is 155 cm³/mol. The Kier molecular flexibility index (Phi) is 10.2. The molecule has 3 aromatic carbocycles. The maximum atomic E-state index is 14.2. The molecule has 5 rings (SSSR count). The highest BCUT2D eigenvalue weighted by Gasteiger charge is 2.37. The van der Waals surface area contributed by atoms with Crippen molar-refractivity contribution in [1.29, 1.82) is 0 Å². The Labute approximate surface area is 246 Å². The number of carbonyl (C=O) groups is 1. The van der Waals surface area contributed by atoms with Crippen LogP contribution in [0.5, 0.6) is 11.5 Å². The first-order valence-corrected chi connectivity index (χ1v) is 14.6. The van der Waals surface area contributed by atoms with Crippen LogP contribution in [0.1, 0.15) is 54.0 Å². The predicted octanol–water partition coefficient (Wildman–Crippen LogP) is 5.46. The molecule has 0 spiro atoms. The van der Waals surface area contributed by atoms with E-state index in [1.54, 1.807) is 12.0 Å². The van der Waals surface area contributed by atoms with Crippen LogP contribution in [-0.2, 0) is 33.8 Å². The minimum absolute atomic E-state index is 0.118. The van der Waals surface area contributed by atoms with Crippen LogP contribution >= 0.6 is 11.6 Å². The molecule has 2 atom stereocenters. The van der Waals surface area contributed by atoms with Gasteiger partial charge in [0.05, 0.1) is 26.4 Å². The SMILES string of the molecule is COc1ccc2c(c1OCc1ccc(Cl)cc1)C[C@H](COC[O-])N(C(=O)[C@@H](OCC1CCCC1)c1ccccc1)C2. The number of nitrogens with zero attached hydrogens (tertiary/aromatic N) is 1. The van der Waals surface area contributed by atoms with Gasteiger partial charge in [0.15, 0.2) is 17.6 Å². The van der Waals surface area contributed by atoms with E-state index in [9.17, 15) is 9.90 Å².